The van der Waals surface area contributed by atoms with E-state index in [9.17, 15) is 19.6 Å². The average molecular weight is 399 g/mol. The van der Waals surface area contributed by atoms with E-state index in [0.29, 0.717) is 0 Å². The molecular weight excluding hydrogens is 379 g/mol. The Morgan fingerprint density at radius 1 is 1.00 bits per heavy atom. The Hall–Kier alpha value is -2.20. The van der Waals surface area contributed by atoms with Gasteiger partial charge >= 0.3 is 14.4 Å². The van der Waals surface area contributed by atoms with Crippen LogP contribution in [0, 0.1) is 5.92 Å². The van der Waals surface area contributed by atoms with Gasteiger partial charge in [0.2, 0.25) is 0 Å². The quantitative estimate of drug-likeness (QED) is 0.428. The lowest BCUT2D eigenvalue weighted by molar-refractivity contribution is -0.146. The van der Waals surface area contributed by atoms with Gasteiger partial charge < -0.3 is 10.2 Å². The fraction of sp³-hybridized carbons (Fsp3) is 0.190. The molecule has 0 aliphatic carbocycles. The molecule has 0 amide bonds. The summed E-state index contributed by atoms with van der Waals surface area (Å²) >= 11 is 1.32. The maximum atomic E-state index is 11.8. The predicted octanol–water partition coefficient (Wildman–Crippen LogP) is 4.59. The van der Waals surface area contributed by atoms with Crippen LogP contribution in [-0.4, -0.2) is 27.3 Å². The van der Waals surface area contributed by atoms with E-state index in [4.69, 9.17) is 0 Å². The van der Waals surface area contributed by atoms with Crippen LogP contribution in [0.4, 0.5) is 0 Å². The number of benzene rings is 3. The van der Waals surface area contributed by atoms with Crippen molar-refractivity contribution in [3.63, 3.8) is 0 Å². The number of hydrogen-bond donors (Lipinski definition) is 2. The Labute approximate surface area is 163 Å². The summed E-state index contributed by atoms with van der Waals surface area (Å²) in [7, 11) is -1.14. The molecule has 0 aliphatic heterocycles. The Balaban J connectivity index is 1.79. The van der Waals surface area contributed by atoms with E-state index in [-0.39, 0.29) is 12.2 Å². The number of aliphatic carboxylic acids is 1. The van der Waals surface area contributed by atoms with E-state index in [2.05, 4.69) is 0 Å². The Morgan fingerprint density at radius 3 is 2.33 bits per heavy atom. The zero-order chi connectivity index (χ0) is 19.3. The van der Waals surface area contributed by atoms with Gasteiger partial charge in [-0.25, -0.2) is 0 Å². The third-order valence-corrected chi connectivity index (χ3v) is 6.82. The first-order valence-corrected chi connectivity index (χ1v) is 10.4. The minimum absolute atomic E-state index is 0.0388. The van der Waals surface area contributed by atoms with Crippen LogP contribution in [0.1, 0.15) is 5.56 Å². The van der Waals surface area contributed by atoms with Gasteiger partial charge in [0.25, 0.3) is 5.34 Å². The molecule has 3 atom stereocenters. The highest BCUT2D eigenvalue weighted by Crippen LogP contribution is 2.37. The maximum Gasteiger partial charge on any atom is 0.361 e. The molecule has 0 fully saturated rings. The monoisotopic (exact) mass is 399 g/mol. The van der Waals surface area contributed by atoms with Crippen LogP contribution in [0.3, 0.4) is 0 Å². The van der Waals surface area contributed by atoms with Crippen molar-refractivity contribution in [2.75, 3.05) is 5.75 Å². The van der Waals surface area contributed by atoms with E-state index < -0.39 is 25.7 Å². The highest BCUT2D eigenvalue weighted by molar-refractivity contribution is 7.99. The molecule has 0 saturated heterocycles. The number of aliphatic hydroxyl groups is 1. The van der Waals surface area contributed by atoms with Gasteiger partial charge in [-0.05, 0) is 34.9 Å². The minimum atomic E-state index is -1.81. The van der Waals surface area contributed by atoms with Crippen LogP contribution in [-0.2, 0) is 15.8 Å². The zero-order valence-corrected chi connectivity index (χ0v) is 16.4. The molecule has 6 heteroatoms. The normalized spacial score (nSPS) is 14.7. The summed E-state index contributed by atoms with van der Waals surface area (Å²) in [5.41, 5.74) is 0.789. The molecule has 138 valence electrons. The van der Waals surface area contributed by atoms with Gasteiger partial charge in [0.15, 0.2) is 0 Å². The van der Waals surface area contributed by atoms with Crippen molar-refractivity contribution < 1.29 is 19.6 Å². The zero-order valence-electron chi connectivity index (χ0n) is 14.5. The van der Waals surface area contributed by atoms with Crippen LogP contribution < -0.4 is 0 Å². The molecule has 2 N–H and O–H groups in total. The lowest BCUT2D eigenvalue weighted by Gasteiger charge is -2.22. The van der Waals surface area contributed by atoms with Crippen molar-refractivity contribution >= 4 is 37.0 Å². The van der Waals surface area contributed by atoms with Gasteiger partial charge in [0, 0.05) is 4.90 Å². The first-order valence-electron chi connectivity index (χ1n) is 8.52. The second kappa shape index (κ2) is 8.66. The summed E-state index contributed by atoms with van der Waals surface area (Å²) in [5, 5.41) is 20.9. The highest BCUT2D eigenvalue weighted by atomic mass is 32.2. The van der Waals surface area contributed by atoms with Gasteiger partial charge in [0.05, 0.1) is 5.75 Å². The summed E-state index contributed by atoms with van der Waals surface area (Å²) in [4.78, 5) is 12.7. The molecule has 4 nitrogen and oxygen atoms in total. The van der Waals surface area contributed by atoms with Crippen LogP contribution >= 0.6 is 20.2 Å². The van der Waals surface area contributed by atoms with Gasteiger partial charge in [-0.2, -0.15) is 0 Å². The average Bonchev–Trinajstić information content (AvgIpc) is 2.70. The van der Waals surface area contributed by atoms with Crippen molar-refractivity contribution in [1.82, 2.24) is 0 Å². The molecule has 3 rings (SSSR count). The van der Waals surface area contributed by atoms with E-state index in [1.54, 1.807) is 12.1 Å². The maximum absolute atomic E-state index is 11.8. The molecule has 3 unspecified atom stereocenters. The molecule has 3 aromatic carbocycles. The number of thioether (sulfide) groups is 1. The molecular formula is C21H20O4PS+. The van der Waals surface area contributed by atoms with Gasteiger partial charge in [0.1, 0.15) is 5.92 Å². The minimum Gasteiger partial charge on any atom is -0.481 e. The third-order valence-electron chi connectivity index (χ3n) is 4.51. The van der Waals surface area contributed by atoms with Crippen molar-refractivity contribution in [2.24, 2.45) is 5.92 Å². The lowest BCUT2D eigenvalue weighted by atomic mass is 9.94. The van der Waals surface area contributed by atoms with Crippen molar-refractivity contribution in [2.45, 2.75) is 16.7 Å². The predicted molar refractivity (Wildman–Crippen MR) is 110 cm³/mol. The van der Waals surface area contributed by atoms with Crippen LogP contribution in [0.5, 0.6) is 0 Å². The smallest absolute Gasteiger partial charge is 0.361 e. The van der Waals surface area contributed by atoms with Gasteiger partial charge in [-0.1, -0.05) is 65.2 Å². The molecule has 27 heavy (non-hydrogen) atoms. The first kappa shape index (κ1) is 19.6. The fourth-order valence-electron chi connectivity index (χ4n) is 2.96. The summed E-state index contributed by atoms with van der Waals surface area (Å²) in [6.45, 7) is 0. The van der Waals surface area contributed by atoms with Crippen molar-refractivity contribution in [3.05, 3.63) is 78.4 Å². The highest BCUT2D eigenvalue weighted by Gasteiger charge is 2.49. The van der Waals surface area contributed by atoms with Gasteiger partial charge in [-0.3, -0.25) is 4.79 Å². The summed E-state index contributed by atoms with van der Waals surface area (Å²) in [6.07, 6.45) is 0.125. The number of carbonyl (C=O) groups is 1. The fourth-order valence-corrected chi connectivity index (χ4v) is 4.74. The number of rotatable bonds is 8. The van der Waals surface area contributed by atoms with Crippen LogP contribution in [0.15, 0.2) is 77.7 Å². The lowest BCUT2D eigenvalue weighted by Crippen LogP contribution is -2.41. The number of carboxylic acids is 1. The molecule has 0 radical (unpaired) electrons. The Morgan fingerprint density at radius 2 is 1.67 bits per heavy atom. The molecule has 0 bridgehead atoms. The first-order chi connectivity index (χ1) is 13.0. The Bertz CT molecular complexity index is 947. The SMILES string of the molecule is O=[PH+]C(O)(CSc1ccc2ccccc2c1)C(Cc1ccccc1)C(=O)O. The van der Waals surface area contributed by atoms with Gasteiger partial charge in [-0.15, -0.1) is 11.8 Å². The topological polar surface area (TPSA) is 74.6 Å². The largest absolute Gasteiger partial charge is 0.481 e. The molecule has 0 spiro atoms. The second-order valence-electron chi connectivity index (χ2n) is 6.40. The Kier molecular flexibility index (Phi) is 6.27. The van der Waals surface area contributed by atoms with E-state index in [1.807, 2.05) is 60.7 Å². The molecule has 0 saturated carbocycles. The summed E-state index contributed by atoms with van der Waals surface area (Å²) in [5.74, 6) is -2.26. The summed E-state index contributed by atoms with van der Waals surface area (Å²) in [6, 6.07) is 22.9. The molecule has 3 aromatic rings. The van der Waals surface area contributed by atoms with E-state index >= 15 is 0 Å². The number of hydrogen-bond acceptors (Lipinski definition) is 4. The van der Waals surface area contributed by atoms with Crippen molar-refractivity contribution in [3.8, 4) is 0 Å². The molecule has 0 aromatic heterocycles. The summed E-state index contributed by atoms with van der Waals surface area (Å²) < 4.78 is 11.8. The van der Waals surface area contributed by atoms with E-state index in [0.717, 1.165) is 21.2 Å². The molecule has 0 aliphatic rings. The standard InChI is InChI=1S/C21H19O4PS/c22-20(23)19(12-15-6-2-1-3-7-15)21(24,26-25)14-27-18-11-10-16-8-4-5-9-17(16)13-18/h1-11,13,19,24H,12,14H2,(H,22,23)/p+1. The molecule has 0 heterocycles. The number of carboxylic acid groups (broad SMARTS) is 1. The van der Waals surface area contributed by atoms with E-state index in [1.165, 1.54) is 11.8 Å². The number of fused-ring (bicyclic) bond motifs is 1. The van der Waals surface area contributed by atoms with Crippen LogP contribution in [0.25, 0.3) is 10.8 Å². The van der Waals surface area contributed by atoms with Crippen LogP contribution in [0.2, 0.25) is 0 Å². The third kappa shape index (κ3) is 4.75. The van der Waals surface area contributed by atoms with Crippen molar-refractivity contribution in [1.29, 1.82) is 0 Å². The second-order valence-corrected chi connectivity index (χ2v) is 8.52.